The van der Waals surface area contributed by atoms with Gasteiger partial charge in [-0.3, -0.25) is 9.10 Å². The van der Waals surface area contributed by atoms with E-state index in [1.165, 1.54) is 19.1 Å². The topological polar surface area (TPSA) is 97.8 Å². The Bertz CT molecular complexity index is 999. The molecule has 0 aliphatic carbocycles. The largest absolute Gasteiger partial charge is 0.548 e. The van der Waals surface area contributed by atoms with Gasteiger partial charge < -0.3 is 14.8 Å². The second-order valence-electron chi connectivity index (χ2n) is 6.43. The summed E-state index contributed by atoms with van der Waals surface area (Å²) in [5.41, 5.74) is 2.59. The third-order valence-corrected chi connectivity index (χ3v) is 6.28. The van der Waals surface area contributed by atoms with Crippen molar-refractivity contribution in [3.05, 3.63) is 53.6 Å². The van der Waals surface area contributed by atoms with E-state index < -0.39 is 22.5 Å². The number of hydrogen-bond donors (Lipinski definition) is 0. The summed E-state index contributed by atoms with van der Waals surface area (Å²) in [6.45, 7) is 3.01. The highest BCUT2D eigenvalue weighted by molar-refractivity contribution is 7.92. The Hall–Kier alpha value is -2.87. The van der Waals surface area contributed by atoms with Crippen LogP contribution >= 0.6 is 0 Å². The first-order valence-electron chi connectivity index (χ1n) is 8.40. The highest BCUT2D eigenvalue weighted by atomic mass is 32.2. The molecule has 1 aliphatic heterocycles. The minimum atomic E-state index is -4.11. The minimum absolute atomic E-state index is 0.0199. The van der Waals surface area contributed by atoms with Gasteiger partial charge in [0, 0.05) is 19.2 Å². The molecule has 0 atom stereocenters. The first kappa shape index (κ1) is 18.9. The zero-order chi connectivity index (χ0) is 19.8. The zero-order valence-electron chi connectivity index (χ0n) is 15.0. The molecule has 0 radical (unpaired) electrons. The molecule has 7 nitrogen and oxygen atoms in total. The van der Waals surface area contributed by atoms with Gasteiger partial charge in [-0.25, -0.2) is 8.42 Å². The summed E-state index contributed by atoms with van der Waals surface area (Å²) in [5.74, 6) is -1.61. The number of rotatable bonds is 5. The number of aliphatic carboxylic acids is 1. The number of benzene rings is 2. The van der Waals surface area contributed by atoms with Crippen LogP contribution < -0.4 is 14.3 Å². The molecule has 1 amide bonds. The Kier molecular flexibility index (Phi) is 4.93. The molecule has 3 rings (SSSR count). The summed E-state index contributed by atoms with van der Waals surface area (Å²) in [6, 6.07) is 11.0. The number of carboxylic acids is 1. The van der Waals surface area contributed by atoms with Gasteiger partial charge in [-0.1, -0.05) is 17.7 Å². The second-order valence-corrected chi connectivity index (χ2v) is 8.29. The van der Waals surface area contributed by atoms with Crippen LogP contribution in [0.3, 0.4) is 0 Å². The number of carbonyl (C=O) groups excluding carboxylic acids is 2. The predicted octanol–water partition coefficient (Wildman–Crippen LogP) is 0.849. The van der Waals surface area contributed by atoms with Gasteiger partial charge in [0.05, 0.1) is 23.1 Å². The third kappa shape index (κ3) is 3.66. The average Bonchev–Trinajstić information content (AvgIpc) is 3.03. The van der Waals surface area contributed by atoms with Crippen LogP contribution in [0.2, 0.25) is 0 Å². The summed E-state index contributed by atoms with van der Waals surface area (Å²) >= 11 is 0. The summed E-state index contributed by atoms with van der Waals surface area (Å²) in [6.07, 6.45) is 0.545. The van der Waals surface area contributed by atoms with Crippen molar-refractivity contribution in [3.63, 3.8) is 0 Å². The molecule has 0 saturated carbocycles. The highest BCUT2D eigenvalue weighted by Crippen LogP contribution is 2.32. The number of sulfonamides is 1. The van der Waals surface area contributed by atoms with Crippen molar-refractivity contribution in [1.82, 2.24) is 0 Å². The molecule has 2 aromatic rings. The number of carboxylic acid groups (broad SMARTS) is 1. The standard InChI is InChI=1S/C19H20N2O5S/c1-13-3-5-16(6-4-13)21(12-19(23)24)27(25,26)17-7-8-18-15(11-17)9-10-20(18)14(2)22/h3-8,11H,9-10,12H2,1-2H3,(H,23,24)/p-1. The fourth-order valence-corrected chi connectivity index (χ4v) is 4.60. The lowest BCUT2D eigenvalue weighted by atomic mass is 10.2. The fraction of sp³-hybridized carbons (Fsp3) is 0.263. The predicted molar refractivity (Wildman–Crippen MR) is 98.9 cm³/mol. The average molecular weight is 387 g/mol. The van der Waals surface area contributed by atoms with Gasteiger partial charge in [0.2, 0.25) is 5.91 Å². The molecule has 1 heterocycles. The summed E-state index contributed by atoms with van der Waals surface area (Å²) in [7, 11) is -4.11. The highest BCUT2D eigenvalue weighted by Gasteiger charge is 2.29. The molecule has 0 aromatic heterocycles. The monoisotopic (exact) mass is 387 g/mol. The van der Waals surface area contributed by atoms with Crippen molar-refractivity contribution in [2.24, 2.45) is 0 Å². The molecule has 0 fully saturated rings. The van der Waals surface area contributed by atoms with E-state index >= 15 is 0 Å². The fourth-order valence-electron chi connectivity index (χ4n) is 3.14. The number of amides is 1. The molecule has 0 unspecified atom stereocenters. The van der Waals surface area contributed by atoms with Crippen molar-refractivity contribution in [1.29, 1.82) is 0 Å². The van der Waals surface area contributed by atoms with E-state index in [2.05, 4.69) is 0 Å². The van der Waals surface area contributed by atoms with Crippen LogP contribution in [0.4, 0.5) is 11.4 Å². The second kappa shape index (κ2) is 7.03. The van der Waals surface area contributed by atoms with Gasteiger partial charge in [-0.15, -0.1) is 0 Å². The van der Waals surface area contributed by atoms with E-state index in [0.717, 1.165) is 15.4 Å². The van der Waals surface area contributed by atoms with Crippen LogP contribution in [0.5, 0.6) is 0 Å². The van der Waals surface area contributed by atoms with Gasteiger partial charge in [0.1, 0.15) is 0 Å². The summed E-state index contributed by atoms with van der Waals surface area (Å²) in [4.78, 5) is 24.4. The Morgan fingerprint density at radius 1 is 1.15 bits per heavy atom. The zero-order valence-corrected chi connectivity index (χ0v) is 15.8. The maximum Gasteiger partial charge on any atom is 0.264 e. The molecule has 0 bridgehead atoms. The first-order valence-corrected chi connectivity index (χ1v) is 9.84. The molecule has 0 N–H and O–H groups in total. The van der Waals surface area contributed by atoms with E-state index in [4.69, 9.17) is 0 Å². The van der Waals surface area contributed by atoms with Crippen LogP contribution in [-0.4, -0.2) is 33.4 Å². The van der Waals surface area contributed by atoms with Crippen molar-refractivity contribution in [2.45, 2.75) is 25.2 Å². The molecule has 0 saturated heterocycles. The number of carbonyl (C=O) groups is 2. The van der Waals surface area contributed by atoms with Crippen LogP contribution in [0.1, 0.15) is 18.1 Å². The van der Waals surface area contributed by atoms with Crippen molar-refractivity contribution < 1.29 is 23.1 Å². The molecule has 8 heteroatoms. The third-order valence-electron chi connectivity index (χ3n) is 4.51. The molecule has 142 valence electrons. The Labute approximate surface area is 157 Å². The van der Waals surface area contributed by atoms with Gasteiger partial charge >= 0.3 is 0 Å². The van der Waals surface area contributed by atoms with Crippen LogP contribution in [0.15, 0.2) is 47.4 Å². The molecule has 2 aromatic carbocycles. The SMILES string of the molecule is CC(=O)N1CCc2cc(S(=O)(=O)N(CC(=O)[O-])c3ccc(C)cc3)ccc21. The van der Waals surface area contributed by atoms with E-state index in [-0.39, 0.29) is 16.5 Å². The maximum atomic E-state index is 13.1. The van der Waals surface area contributed by atoms with Crippen molar-refractivity contribution >= 4 is 33.3 Å². The van der Waals surface area contributed by atoms with Gasteiger partial charge in [0.15, 0.2) is 0 Å². The number of nitrogens with zero attached hydrogens (tertiary/aromatic N) is 2. The van der Waals surface area contributed by atoms with Gasteiger partial charge in [0.25, 0.3) is 10.0 Å². The normalized spacial score (nSPS) is 13.3. The first-order chi connectivity index (χ1) is 12.7. The lowest BCUT2D eigenvalue weighted by Crippen LogP contribution is -2.41. The van der Waals surface area contributed by atoms with Crippen molar-refractivity contribution in [2.75, 3.05) is 22.3 Å². The molecule has 27 heavy (non-hydrogen) atoms. The van der Waals surface area contributed by atoms with Crippen LogP contribution in [0.25, 0.3) is 0 Å². The van der Waals surface area contributed by atoms with Crippen LogP contribution in [-0.2, 0) is 26.0 Å². The smallest absolute Gasteiger partial charge is 0.264 e. The molecule has 1 aliphatic rings. The van der Waals surface area contributed by atoms with E-state index in [1.54, 1.807) is 35.2 Å². The molecule has 0 spiro atoms. The van der Waals surface area contributed by atoms with E-state index in [1.807, 2.05) is 6.92 Å². The quantitative estimate of drug-likeness (QED) is 0.758. The van der Waals surface area contributed by atoms with Gasteiger partial charge in [-0.2, -0.15) is 0 Å². The van der Waals surface area contributed by atoms with Crippen molar-refractivity contribution in [3.8, 4) is 0 Å². The lowest BCUT2D eigenvalue weighted by molar-refractivity contribution is -0.303. The van der Waals surface area contributed by atoms with E-state index in [9.17, 15) is 23.1 Å². The maximum absolute atomic E-state index is 13.1. The Balaban J connectivity index is 2.03. The molecular weight excluding hydrogens is 368 g/mol. The lowest BCUT2D eigenvalue weighted by Gasteiger charge is -2.25. The number of hydrogen-bond acceptors (Lipinski definition) is 5. The number of anilines is 2. The van der Waals surface area contributed by atoms with Gasteiger partial charge in [-0.05, 0) is 49.2 Å². The Morgan fingerprint density at radius 3 is 2.41 bits per heavy atom. The number of fused-ring (bicyclic) bond motifs is 1. The minimum Gasteiger partial charge on any atom is -0.548 e. The van der Waals surface area contributed by atoms with Crippen LogP contribution in [0, 0.1) is 6.92 Å². The Morgan fingerprint density at radius 2 is 1.81 bits per heavy atom. The number of aryl methyl sites for hydroxylation is 1. The summed E-state index contributed by atoms with van der Waals surface area (Å²) in [5, 5.41) is 11.2. The van der Waals surface area contributed by atoms with E-state index in [0.29, 0.717) is 18.7 Å². The molecular formula is C19H19N2O5S-. The summed E-state index contributed by atoms with van der Waals surface area (Å²) < 4.78 is 27.1.